The Labute approximate surface area is 217 Å². The van der Waals surface area contributed by atoms with Crippen LogP contribution in [-0.4, -0.2) is 82.3 Å². The second kappa shape index (κ2) is 12.2. The fourth-order valence-corrected chi connectivity index (χ4v) is 3.84. The standard InChI is InChI=1S/C26H36FN5O5/c1-7-32(17(2)3)24(33)20-12-18(27)8-9-21(20)36-22-14-28-16-30-23(22)29-13-19-15-31(10-11-35-19)25(34)37-26(4,5)6/h8-9,12,14,16-17,19H,7,10-11,13,15H2,1-6H3,(H,28,29,30). The molecular weight excluding hydrogens is 481 g/mol. The SMILES string of the molecule is CCN(C(=O)c1cc(F)ccc1Oc1cncnc1NCC1CN(C(=O)OC(C)(C)C)CCO1)C(C)C. The minimum absolute atomic E-state index is 0.0679. The molecule has 1 aliphatic heterocycles. The first kappa shape index (κ1) is 28.1. The highest BCUT2D eigenvalue weighted by molar-refractivity contribution is 5.97. The van der Waals surface area contributed by atoms with Gasteiger partial charge >= 0.3 is 6.09 Å². The molecule has 1 atom stereocenters. The second-order valence-electron chi connectivity index (χ2n) is 9.96. The third kappa shape index (κ3) is 7.75. The number of hydrogen-bond acceptors (Lipinski definition) is 8. The van der Waals surface area contributed by atoms with E-state index in [0.29, 0.717) is 38.6 Å². The van der Waals surface area contributed by atoms with Crippen LogP contribution < -0.4 is 10.1 Å². The van der Waals surface area contributed by atoms with Gasteiger partial charge < -0.3 is 29.3 Å². The van der Waals surface area contributed by atoms with Crippen LogP contribution in [0.5, 0.6) is 11.5 Å². The number of anilines is 1. The van der Waals surface area contributed by atoms with Crippen molar-refractivity contribution in [2.45, 2.75) is 59.3 Å². The number of nitrogens with zero attached hydrogens (tertiary/aromatic N) is 4. The third-order valence-corrected chi connectivity index (χ3v) is 5.58. The molecule has 10 nitrogen and oxygen atoms in total. The van der Waals surface area contributed by atoms with Crippen molar-refractivity contribution in [3.8, 4) is 11.5 Å². The van der Waals surface area contributed by atoms with Crippen LogP contribution in [0.25, 0.3) is 0 Å². The van der Waals surface area contributed by atoms with E-state index in [2.05, 4.69) is 15.3 Å². The Morgan fingerprint density at radius 2 is 2.05 bits per heavy atom. The van der Waals surface area contributed by atoms with Gasteiger partial charge in [0.2, 0.25) is 0 Å². The molecule has 2 amide bonds. The normalized spacial score (nSPS) is 15.9. The summed E-state index contributed by atoms with van der Waals surface area (Å²) < 4.78 is 31.4. The molecule has 1 aliphatic rings. The van der Waals surface area contributed by atoms with E-state index in [-0.39, 0.29) is 41.2 Å². The van der Waals surface area contributed by atoms with E-state index in [4.69, 9.17) is 14.2 Å². The van der Waals surface area contributed by atoms with Crippen molar-refractivity contribution in [3.05, 3.63) is 42.1 Å². The van der Waals surface area contributed by atoms with Gasteiger partial charge in [-0.15, -0.1) is 0 Å². The fourth-order valence-electron chi connectivity index (χ4n) is 3.84. The Morgan fingerprint density at radius 1 is 1.30 bits per heavy atom. The first-order valence-corrected chi connectivity index (χ1v) is 12.4. The molecule has 202 valence electrons. The van der Waals surface area contributed by atoms with Gasteiger partial charge in [0.15, 0.2) is 11.6 Å². The Hall–Kier alpha value is -3.47. The van der Waals surface area contributed by atoms with E-state index in [0.717, 1.165) is 0 Å². The van der Waals surface area contributed by atoms with E-state index in [1.807, 2.05) is 41.5 Å². The lowest BCUT2D eigenvalue weighted by Crippen LogP contribution is -2.49. The van der Waals surface area contributed by atoms with Gasteiger partial charge in [-0.2, -0.15) is 0 Å². The van der Waals surface area contributed by atoms with Crippen LogP contribution in [0.4, 0.5) is 15.0 Å². The van der Waals surface area contributed by atoms with E-state index in [1.54, 1.807) is 9.80 Å². The number of carbonyl (C=O) groups is 2. The van der Waals surface area contributed by atoms with Gasteiger partial charge in [-0.05, 0) is 59.7 Å². The van der Waals surface area contributed by atoms with Crippen LogP contribution in [-0.2, 0) is 9.47 Å². The zero-order valence-electron chi connectivity index (χ0n) is 22.3. The number of carbonyl (C=O) groups excluding carboxylic acids is 2. The second-order valence-corrected chi connectivity index (χ2v) is 9.96. The summed E-state index contributed by atoms with van der Waals surface area (Å²) in [5, 5.41) is 3.17. The topological polar surface area (TPSA) is 106 Å². The summed E-state index contributed by atoms with van der Waals surface area (Å²) in [7, 11) is 0. The summed E-state index contributed by atoms with van der Waals surface area (Å²) >= 11 is 0. The van der Waals surface area contributed by atoms with Crippen molar-refractivity contribution in [2.75, 3.05) is 38.1 Å². The Morgan fingerprint density at radius 3 is 2.73 bits per heavy atom. The van der Waals surface area contributed by atoms with Gasteiger partial charge in [0.1, 0.15) is 23.5 Å². The molecule has 0 saturated carbocycles. The van der Waals surface area contributed by atoms with Gasteiger partial charge in [-0.25, -0.2) is 19.2 Å². The summed E-state index contributed by atoms with van der Waals surface area (Å²) in [5.74, 6) is -0.0609. The lowest BCUT2D eigenvalue weighted by atomic mass is 10.1. The van der Waals surface area contributed by atoms with E-state index < -0.39 is 11.4 Å². The highest BCUT2D eigenvalue weighted by atomic mass is 19.1. The quantitative estimate of drug-likeness (QED) is 0.552. The van der Waals surface area contributed by atoms with Crippen LogP contribution in [0.15, 0.2) is 30.7 Å². The molecule has 37 heavy (non-hydrogen) atoms. The van der Waals surface area contributed by atoms with Gasteiger partial charge in [0.05, 0.1) is 31.0 Å². The maximum absolute atomic E-state index is 14.1. The number of benzene rings is 1. The average molecular weight is 518 g/mol. The maximum Gasteiger partial charge on any atom is 0.410 e. The summed E-state index contributed by atoms with van der Waals surface area (Å²) in [6.07, 6.45) is 2.12. The van der Waals surface area contributed by atoms with Crippen LogP contribution >= 0.6 is 0 Å². The number of hydrogen-bond donors (Lipinski definition) is 1. The van der Waals surface area contributed by atoms with Gasteiger partial charge in [-0.3, -0.25) is 4.79 Å². The predicted octanol–water partition coefficient (Wildman–Crippen LogP) is 4.33. The van der Waals surface area contributed by atoms with Crippen molar-refractivity contribution in [1.29, 1.82) is 0 Å². The van der Waals surface area contributed by atoms with Crippen LogP contribution in [0.1, 0.15) is 51.9 Å². The Bertz CT molecular complexity index is 1090. The smallest absolute Gasteiger partial charge is 0.410 e. The first-order chi connectivity index (χ1) is 17.5. The van der Waals surface area contributed by atoms with Crippen LogP contribution in [0.3, 0.4) is 0 Å². The molecule has 1 aromatic heterocycles. The molecule has 0 aliphatic carbocycles. The molecule has 3 rings (SSSR count). The summed E-state index contributed by atoms with van der Waals surface area (Å²) in [4.78, 5) is 37.1. The van der Waals surface area contributed by atoms with Crippen molar-refractivity contribution >= 4 is 17.8 Å². The zero-order chi connectivity index (χ0) is 27.2. The van der Waals surface area contributed by atoms with Crippen molar-refractivity contribution < 1.29 is 28.2 Å². The van der Waals surface area contributed by atoms with Gasteiger partial charge in [0, 0.05) is 25.7 Å². The molecule has 1 fully saturated rings. The van der Waals surface area contributed by atoms with Gasteiger partial charge in [0.25, 0.3) is 5.91 Å². The predicted molar refractivity (Wildman–Crippen MR) is 136 cm³/mol. The number of aromatic nitrogens is 2. The number of amides is 2. The molecule has 2 aromatic rings. The fraction of sp³-hybridized carbons (Fsp3) is 0.538. The number of nitrogens with one attached hydrogen (secondary N) is 1. The molecule has 0 spiro atoms. The lowest BCUT2D eigenvalue weighted by Gasteiger charge is -2.34. The first-order valence-electron chi connectivity index (χ1n) is 12.4. The number of rotatable bonds is 8. The highest BCUT2D eigenvalue weighted by Crippen LogP contribution is 2.31. The van der Waals surface area contributed by atoms with E-state index in [9.17, 15) is 14.0 Å². The zero-order valence-corrected chi connectivity index (χ0v) is 22.3. The van der Waals surface area contributed by atoms with Crippen molar-refractivity contribution in [2.24, 2.45) is 0 Å². The molecule has 1 N–H and O–H groups in total. The summed E-state index contributed by atoms with van der Waals surface area (Å²) in [5.41, 5.74) is -0.478. The lowest BCUT2D eigenvalue weighted by molar-refractivity contribution is -0.0371. The largest absolute Gasteiger partial charge is 0.451 e. The molecule has 1 aromatic carbocycles. The molecule has 0 bridgehead atoms. The van der Waals surface area contributed by atoms with E-state index >= 15 is 0 Å². The summed E-state index contributed by atoms with van der Waals surface area (Å²) in [6.45, 7) is 13.1. The Balaban J connectivity index is 1.73. The summed E-state index contributed by atoms with van der Waals surface area (Å²) in [6, 6.07) is 3.74. The number of ether oxygens (including phenoxy) is 3. The minimum atomic E-state index is -0.583. The number of halogens is 1. The highest BCUT2D eigenvalue weighted by Gasteiger charge is 2.28. The molecular formula is C26H36FN5O5. The van der Waals surface area contributed by atoms with Crippen LogP contribution in [0.2, 0.25) is 0 Å². The minimum Gasteiger partial charge on any atom is -0.451 e. The molecule has 11 heteroatoms. The number of morpholine rings is 1. The van der Waals surface area contributed by atoms with Gasteiger partial charge in [-0.1, -0.05) is 0 Å². The van der Waals surface area contributed by atoms with Crippen LogP contribution in [0, 0.1) is 5.82 Å². The molecule has 0 radical (unpaired) electrons. The molecule has 1 saturated heterocycles. The maximum atomic E-state index is 14.1. The Kier molecular flexibility index (Phi) is 9.25. The third-order valence-electron chi connectivity index (χ3n) is 5.58. The molecule has 2 heterocycles. The van der Waals surface area contributed by atoms with Crippen molar-refractivity contribution in [1.82, 2.24) is 19.8 Å². The average Bonchev–Trinajstić information content (AvgIpc) is 2.84. The van der Waals surface area contributed by atoms with Crippen molar-refractivity contribution in [3.63, 3.8) is 0 Å². The van der Waals surface area contributed by atoms with E-state index in [1.165, 1.54) is 30.7 Å². The monoisotopic (exact) mass is 517 g/mol. The molecule has 1 unspecified atom stereocenters.